The summed E-state index contributed by atoms with van der Waals surface area (Å²) < 4.78 is 17.0. The van der Waals surface area contributed by atoms with Gasteiger partial charge in [0.05, 0.1) is 25.2 Å². The molecule has 0 saturated heterocycles. The first-order valence-electron chi connectivity index (χ1n) is 13.1. The summed E-state index contributed by atoms with van der Waals surface area (Å²) in [7, 11) is 1.30. The van der Waals surface area contributed by atoms with Gasteiger partial charge < -0.3 is 19.5 Å². The second-order valence-electron chi connectivity index (χ2n) is 10.0. The van der Waals surface area contributed by atoms with E-state index in [1.165, 1.54) is 7.11 Å². The lowest BCUT2D eigenvalue weighted by atomic mass is 9.69. The van der Waals surface area contributed by atoms with E-state index in [2.05, 4.69) is 5.32 Å². The molecule has 7 nitrogen and oxygen atoms in total. The molecule has 0 radical (unpaired) electrons. The fourth-order valence-electron chi connectivity index (χ4n) is 5.84. The molecule has 194 valence electrons. The van der Waals surface area contributed by atoms with Crippen LogP contribution in [-0.4, -0.2) is 37.5 Å². The Morgan fingerprint density at radius 1 is 1.08 bits per heavy atom. The van der Waals surface area contributed by atoms with Crippen LogP contribution in [0.3, 0.4) is 0 Å². The van der Waals surface area contributed by atoms with Crippen LogP contribution in [0.4, 0.5) is 0 Å². The summed E-state index contributed by atoms with van der Waals surface area (Å²) in [5.74, 6) is -2.53. The maximum Gasteiger partial charge on any atom is 0.337 e. The summed E-state index contributed by atoms with van der Waals surface area (Å²) in [5, 5.41) is 3.33. The minimum Gasteiger partial charge on any atom is -0.494 e. The molecule has 0 spiro atoms. The van der Waals surface area contributed by atoms with Crippen molar-refractivity contribution in [1.29, 1.82) is 0 Å². The molecule has 2 aliphatic carbocycles. The first-order chi connectivity index (χ1) is 17.4. The van der Waals surface area contributed by atoms with Crippen molar-refractivity contribution in [3.8, 4) is 5.75 Å². The van der Waals surface area contributed by atoms with Gasteiger partial charge in [0.25, 0.3) is 0 Å². The summed E-state index contributed by atoms with van der Waals surface area (Å²) in [6, 6.07) is 7.47. The molecule has 0 unspecified atom stereocenters. The van der Waals surface area contributed by atoms with Crippen LogP contribution in [0, 0.1) is 11.8 Å². The summed E-state index contributed by atoms with van der Waals surface area (Å²) in [5.41, 5.74) is 2.95. The zero-order valence-corrected chi connectivity index (χ0v) is 21.7. The van der Waals surface area contributed by atoms with Gasteiger partial charge in [0, 0.05) is 22.5 Å². The van der Waals surface area contributed by atoms with E-state index in [1.54, 1.807) is 0 Å². The van der Waals surface area contributed by atoms with E-state index in [1.807, 2.05) is 45.0 Å². The van der Waals surface area contributed by atoms with E-state index in [9.17, 15) is 14.4 Å². The number of ketones is 1. The van der Waals surface area contributed by atoms with Crippen LogP contribution in [0.15, 0.2) is 46.8 Å². The van der Waals surface area contributed by atoms with Gasteiger partial charge in [-0.2, -0.15) is 0 Å². The maximum absolute atomic E-state index is 13.9. The Morgan fingerprint density at radius 2 is 1.78 bits per heavy atom. The predicted octanol–water partition coefficient (Wildman–Crippen LogP) is 4.96. The van der Waals surface area contributed by atoms with Gasteiger partial charge in [0.1, 0.15) is 17.8 Å². The largest absolute Gasteiger partial charge is 0.494 e. The number of carbonyl (C=O) groups is 3. The van der Waals surface area contributed by atoms with Crippen LogP contribution in [-0.2, 0) is 23.9 Å². The first-order valence-corrected chi connectivity index (χ1v) is 13.1. The van der Waals surface area contributed by atoms with Gasteiger partial charge in [0.15, 0.2) is 5.78 Å². The lowest BCUT2D eigenvalue weighted by molar-refractivity contribution is -0.151. The number of methoxy groups -OCH3 is 1. The first kappa shape index (κ1) is 26.0. The van der Waals surface area contributed by atoms with Crippen molar-refractivity contribution < 1.29 is 28.6 Å². The van der Waals surface area contributed by atoms with E-state index in [0.717, 1.165) is 44.2 Å². The lowest BCUT2D eigenvalue weighted by Crippen LogP contribution is -2.43. The number of allylic oxidation sites excluding steroid dienone is 3. The Balaban J connectivity index is 1.81. The third-order valence-corrected chi connectivity index (χ3v) is 7.57. The Morgan fingerprint density at radius 3 is 2.44 bits per heavy atom. The highest BCUT2D eigenvalue weighted by Gasteiger charge is 2.48. The molecular formula is C29H37NO6. The van der Waals surface area contributed by atoms with Crippen LogP contribution < -0.4 is 10.1 Å². The smallest absolute Gasteiger partial charge is 0.337 e. The third kappa shape index (κ3) is 5.06. The number of benzene rings is 1. The van der Waals surface area contributed by atoms with Crippen LogP contribution >= 0.6 is 0 Å². The van der Waals surface area contributed by atoms with Crippen LogP contribution in [0.25, 0.3) is 0 Å². The second-order valence-corrected chi connectivity index (χ2v) is 10.0. The van der Waals surface area contributed by atoms with Gasteiger partial charge in [-0.05, 0) is 57.9 Å². The number of hydrogen-bond acceptors (Lipinski definition) is 7. The second kappa shape index (κ2) is 11.3. The van der Waals surface area contributed by atoms with Crippen molar-refractivity contribution in [3.63, 3.8) is 0 Å². The van der Waals surface area contributed by atoms with Gasteiger partial charge >= 0.3 is 11.9 Å². The average molecular weight is 496 g/mol. The molecule has 1 fully saturated rings. The minimum atomic E-state index is -0.921. The highest BCUT2D eigenvalue weighted by Crippen LogP contribution is 2.47. The van der Waals surface area contributed by atoms with Crippen molar-refractivity contribution in [2.45, 2.75) is 77.7 Å². The number of ether oxygens (including phenoxy) is 3. The highest BCUT2D eigenvalue weighted by molar-refractivity contribution is 6.12. The minimum absolute atomic E-state index is 0.136. The van der Waals surface area contributed by atoms with E-state index >= 15 is 0 Å². The lowest BCUT2D eigenvalue weighted by Gasteiger charge is -2.38. The molecule has 3 atom stereocenters. The topological polar surface area (TPSA) is 90.9 Å². The van der Waals surface area contributed by atoms with Crippen molar-refractivity contribution in [1.82, 2.24) is 5.32 Å². The quantitative estimate of drug-likeness (QED) is 0.339. The number of dihydropyridines is 1. The van der Waals surface area contributed by atoms with E-state index in [4.69, 9.17) is 14.2 Å². The number of rotatable bonds is 6. The van der Waals surface area contributed by atoms with Crippen molar-refractivity contribution in [2.24, 2.45) is 11.8 Å². The van der Waals surface area contributed by atoms with E-state index < -0.39 is 23.8 Å². The Bertz CT molecular complexity index is 1080. The monoisotopic (exact) mass is 495 g/mol. The third-order valence-electron chi connectivity index (χ3n) is 7.57. The SMILES string of the molecule is CCOc1ccccc1[C@@H]1C(C(=O)OC2CCCCCC2)=C(C)NC2=C1C(=O)[C@H](C(=O)OC)[C@H](C)C2. The van der Waals surface area contributed by atoms with E-state index in [0.29, 0.717) is 41.2 Å². The molecule has 7 heteroatoms. The fourth-order valence-corrected chi connectivity index (χ4v) is 5.84. The van der Waals surface area contributed by atoms with Crippen molar-refractivity contribution in [3.05, 3.63) is 52.4 Å². The van der Waals surface area contributed by atoms with Gasteiger partial charge in [-0.15, -0.1) is 0 Å². The molecule has 1 N–H and O–H groups in total. The number of carbonyl (C=O) groups excluding carboxylic acids is 3. The number of Topliss-reactive ketones (excluding diaryl/α,β-unsaturated/α-hetero) is 1. The summed E-state index contributed by atoms with van der Waals surface area (Å²) >= 11 is 0. The Kier molecular flexibility index (Phi) is 8.17. The summed E-state index contributed by atoms with van der Waals surface area (Å²) in [6.45, 7) is 6.06. The van der Waals surface area contributed by atoms with Crippen molar-refractivity contribution >= 4 is 17.7 Å². The molecule has 4 rings (SSSR count). The Hall–Kier alpha value is -3.09. The Labute approximate surface area is 213 Å². The average Bonchev–Trinajstić information content (AvgIpc) is 3.12. The number of esters is 2. The zero-order valence-electron chi connectivity index (χ0n) is 21.7. The molecule has 3 aliphatic rings. The van der Waals surface area contributed by atoms with Gasteiger partial charge in [-0.25, -0.2) is 4.79 Å². The summed E-state index contributed by atoms with van der Waals surface area (Å²) in [6.07, 6.45) is 6.44. The molecule has 1 aliphatic heterocycles. The molecule has 1 heterocycles. The van der Waals surface area contributed by atoms with Crippen LogP contribution in [0.1, 0.15) is 77.2 Å². The number of para-hydroxylation sites is 1. The van der Waals surface area contributed by atoms with Gasteiger partial charge in [-0.3, -0.25) is 9.59 Å². The number of nitrogens with one attached hydrogen (secondary N) is 1. The molecule has 1 aromatic rings. The van der Waals surface area contributed by atoms with Crippen LogP contribution in [0.2, 0.25) is 0 Å². The van der Waals surface area contributed by atoms with E-state index in [-0.39, 0.29) is 17.8 Å². The molecule has 0 aromatic heterocycles. The normalized spacial score (nSPS) is 25.0. The highest BCUT2D eigenvalue weighted by atomic mass is 16.5. The molecule has 0 amide bonds. The summed E-state index contributed by atoms with van der Waals surface area (Å²) in [4.78, 5) is 40.3. The molecule has 1 aromatic carbocycles. The van der Waals surface area contributed by atoms with Crippen molar-refractivity contribution in [2.75, 3.05) is 13.7 Å². The molecule has 36 heavy (non-hydrogen) atoms. The van der Waals surface area contributed by atoms with Crippen LogP contribution in [0.5, 0.6) is 5.75 Å². The zero-order chi connectivity index (χ0) is 25.8. The molecular weight excluding hydrogens is 458 g/mol. The van der Waals surface area contributed by atoms with Gasteiger partial charge in [0.2, 0.25) is 0 Å². The fraction of sp³-hybridized carbons (Fsp3) is 0.552. The maximum atomic E-state index is 13.9. The number of hydrogen-bond donors (Lipinski definition) is 1. The molecule has 0 bridgehead atoms. The molecule has 1 saturated carbocycles. The standard InChI is InChI=1S/C29H37NO6/c1-5-35-22-15-11-10-14-20(22)25-24(29(33)36-19-12-8-6-7-9-13-19)18(3)30-21-16-17(2)23(28(32)34-4)27(31)26(21)25/h10-11,14-15,17,19,23,25,30H,5-9,12-13,16H2,1-4H3/t17-,23-,25-/m1/s1. The predicted molar refractivity (Wildman–Crippen MR) is 135 cm³/mol. The van der Waals surface area contributed by atoms with Gasteiger partial charge in [-0.1, -0.05) is 38.0 Å².